The molecule has 1 saturated heterocycles. The third kappa shape index (κ3) is 2.71. The number of hydrogen-bond donors (Lipinski definition) is 1. The van der Waals surface area contributed by atoms with Gasteiger partial charge < -0.3 is 9.88 Å². The van der Waals surface area contributed by atoms with Gasteiger partial charge in [-0.05, 0) is 31.4 Å². The van der Waals surface area contributed by atoms with E-state index in [0.29, 0.717) is 6.04 Å². The van der Waals surface area contributed by atoms with Gasteiger partial charge in [0.25, 0.3) is 0 Å². The number of imidazole rings is 1. The average Bonchev–Trinajstić information content (AvgIpc) is 2.87. The lowest BCUT2D eigenvalue weighted by Gasteiger charge is -2.24. The summed E-state index contributed by atoms with van der Waals surface area (Å²) >= 11 is 0. The van der Waals surface area contributed by atoms with E-state index in [1.54, 1.807) is 0 Å². The van der Waals surface area contributed by atoms with E-state index in [0.717, 1.165) is 18.8 Å². The minimum absolute atomic E-state index is 0.621. The maximum absolute atomic E-state index is 4.48. The summed E-state index contributed by atoms with van der Waals surface area (Å²) in [6.45, 7) is 1.16. The Balaban J connectivity index is 1.87. The molecule has 2 aromatic rings. The zero-order valence-electron chi connectivity index (χ0n) is 11.5. The molecule has 0 aliphatic carbocycles. The number of nitrogens with zero attached hydrogens (tertiary/aromatic N) is 2. The van der Waals surface area contributed by atoms with E-state index in [-0.39, 0.29) is 0 Å². The lowest BCUT2D eigenvalue weighted by molar-refractivity contribution is 0.399. The Kier molecular flexibility index (Phi) is 3.65. The summed E-state index contributed by atoms with van der Waals surface area (Å²) in [4.78, 5) is 4.48. The van der Waals surface area contributed by atoms with Crippen LogP contribution in [0.25, 0.3) is 11.4 Å². The van der Waals surface area contributed by atoms with Gasteiger partial charge in [-0.1, -0.05) is 30.7 Å². The molecule has 0 spiro atoms. The van der Waals surface area contributed by atoms with Crippen LogP contribution in [0.1, 0.15) is 24.8 Å². The van der Waals surface area contributed by atoms with E-state index >= 15 is 0 Å². The first-order chi connectivity index (χ1) is 9.34. The molecule has 3 nitrogen and oxygen atoms in total. The zero-order valence-corrected chi connectivity index (χ0v) is 11.5. The maximum Gasteiger partial charge on any atom is 0.139 e. The zero-order chi connectivity index (χ0) is 13.1. The van der Waals surface area contributed by atoms with Crippen molar-refractivity contribution < 1.29 is 0 Å². The van der Waals surface area contributed by atoms with Gasteiger partial charge in [0.15, 0.2) is 0 Å². The Bertz CT molecular complexity index is 538. The van der Waals surface area contributed by atoms with Crippen molar-refractivity contribution in [3.63, 3.8) is 0 Å². The molecule has 1 atom stereocenters. The van der Waals surface area contributed by atoms with Gasteiger partial charge in [0.2, 0.25) is 0 Å². The molecule has 3 rings (SSSR count). The quantitative estimate of drug-likeness (QED) is 0.914. The normalized spacial score (nSPS) is 19.5. The predicted octanol–water partition coefficient (Wildman–Crippen LogP) is 2.77. The van der Waals surface area contributed by atoms with Crippen molar-refractivity contribution in [2.24, 2.45) is 7.05 Å². The summed E-state index contributed by atoms with van der Waals surface area (Å²) < 4.78 is 2.09. The highest BCUT2D eigenvalue weighted by molar-refractivity contribution is 5.60. The van der Waals surface area contributed by atoms with Crippen LogP contribution in [-0.2, 0) is 13.5 Å². The first kappa shape index (κ1) is 12.4. The van der Waals surface area contributed by atoms with Crippen LogP contribution in [0.5, 0.6) is 0 Å². The van der Waals surface area contributed by atoms with Crippen LogP contribution in [-0.4, -0.2) is 22.1 Å². The summed E-state index contributed by atoms with van der Waals surface area (Å²) in [6.07, 6.45) is 8.92. The lowest BCUT2D eigenvalue weighted by atomic mass is 9.94. The van der Waals surface area contributed by atoms with Crippen LogP contribution in [0.3, 0.4) is 0 Å². The summed E-state index contributed by atoms with van der Waals surface area (Å²) in [5.41, 5.74) is 2.67. The second-order valence-electron chi connectivity index (χ2n) is 5.37. The molecule has 19 heavy (non-hydrogen) atoms. The van der Waals surface area contributed by atoms with E-state index in [1.165, 1.54) is 30.4 Å². The molecule has 0 radical (unpaired) electrons. The smallest absolute Gasteiger partial charge is 0.139 e. The standard InChI is InChI=1S/C16H21N3/c1-19-11-10-18-16(19)15-8-3-2-6-13(15)12-14-7-4-5-9-17-14/h2-3,6,8,10-11,14,17H,4-5,7,9,12H2,1H3. The average molecular weight is 255 g/mol. The molecule has 0 saturated carbocycles. The van der Waals surface area contributed by atoms with Gasteiger partial charge in [-0.15, -0.1) is 0 Å². The van der Waals surface area contributed by atoms with Gasteiger partial charge in [-0.25, -0.2) is 4.98 Å². The highest BCUT2D eigenvalue weighted by Gasteiger charge is 2.16. The molecule has 1 aromatic carbocycles. The molecule has 1 unspecified atom stereocenters. The van der Waals surface area contributed by atoms with Crippen molar-refractivity contribution in [3.05, 3.63) is 42.2 Å². The monoisotopic (exact) mass is 255 g/mol. The van der Waals surface area contributed by atoms with Crippen molar-refractivity contribution in [1.82, 2.24) is 14.9 Å². The van der Waals surface area contributed by atoms with E-state index in [1.807, 2.05) is 12.4 Å². The maximum atomic E-state index is 4.48. The van der Waals surface area contributed by atoms with Crippen molar-refractivity contribution >= 4 is 0 Å². The summed E-state index contributed by atoms with van der Waals surface area (Å²) in [5.74, 6) is 1.06. The van der Waals surface area contributed by atoms with Gasteiger partial charge in [0, 0.05) is 31.0 Å². The van der Waals surface area contributed by atoms with Gasteiger partial charge >= 0.3 is 0 Å². The molecular formula is C16H21N3. The molecule has 1 aliphatic heterocycles. The third-order valence-electron chi connectivity index (χ3n) is 3.96. The Morgan fingerprint density at radius 3 is 2.95 bits per heavy atom. The van der Waals surface area contributed by atoms with Gasteiger partial charge in [-0.2, -0.15) is 0 Å². The van der Waals surface area contributed by atoms with Crippen molar-refractivity contribution in [2.75, 3.05) is 6.54 Å². The molecule has 100 valence electrons. The SMILES string of the molecule is Cn1ccnc1-c1ccccc1CC1CCCCN1. The van der Waals surface area contributed by atoms with E-state index < -0.39 is 0 Å². The van der Waals surface area contributed by atoms with Crippen molar-refractivity contribution in [3.8, 4) is 11.4 Å². The third-order valence-corrected chi connectivity index (χ3v) is 3.96. The first-order valence-corrected chi connectivity index (χ1v) is 7.13. The van der Waals surface area contributed by atoms with E-state index in [9.17, 15) is 0 Å². The molecule has 1 fully saturated rings. The van der Waals surface area contributed by atoms with E-state index in [2.05, 4.69) is 46.2 Å². The first-order valence-electron chi connectivity index (χ1n) is 7.13. The minimum atomic E-state index is 0.621. The highest BCUT2D eigenvalue weighted by atomic mass is 15.0. The number of aromatic nitrogens is 2. The molecule has 2 heterocycles. The molecule has 1 aliphatic rings. The second-order valence-corrected chi connectivity index (χ2v) is 5.37. The van der Waals surface area contributed by atoms with Crippen LogP contribution in [0.2, 0.25) is 0 Å². The predicted molar refractivity (Wildman–Crippen MR) is 78.0 cm³/mol. The largest absolute Gasteiger partial charge is 0.334 e. The number of rotatable bonds is 3. The summed E-state index contributed by atoms with van der Waals surface area (Å²) in [5, 5.41) is 3.63. The fraction of sp³-hybridized carbons (Fsp3) is 0.438. The van der Waals surface area contributed by atoms with Crippen LogP contribution >= 0.6 is 0 Å². The number of aryl methyl sites for hydroxylation is 1. The number of hydrogen-bond acceptors (Lipinski definition) is 2. The van der Waals surface area contributed by atoms with Crippen LogP contribution < -0.4 is 5.32 Å². The Hall–Kier alpha value is -1.61. The molecule has 1 N–H and O–H groups in total. The van der Waals surface area contributed by atoms with Crippen LogP contribution in [0, 0.1) is 0 Å². The molecule has 3 heteroatoms. The Morgan fingerprint density at radius 2 is 2.21 bits per heavy atom. The van der Waals surface area contributed by atoms with Crippen LogP contribution in [0.15, 0.2) is 36.7 Å². The number of benzene rings is 1. The Labute approximate surface area is 114 Å². The van der Waals surface area contributed by atoms with Crippen molar-refractivity contribution in [1.29, 1.82) is 0 Å². The molecule has 0 amide bonds. The van der Waals surface area contributed by atoms with Gasteiger partial charge in [-0.3, -0.25) is 0 Å². The fourth-order valence-electron chi connectivity index (χ4n) is 2.91. The summed E-state index contributed by atoms with van der Waals surface area (Å²) in [6, 6.07) is 9.27. The number of piperidine rings is 1. The molecular weight excluding hydrogens is 234 g/mol. The van der Waals surface area contributed by atoms with E-state index in [4.69, 9.17) is 0 Å². The summed E-state index contributed by atoms with van der Waals surface area (Å²) in [7, 11) is 2.05. The minimum Gasteiger partial charge on any atom is -0.334 e. The topological polar surface area (TPSA) is 29.9 Å². The van der Waals surface area contributed by atoms with Crippen molar-refractivity contribution in [2.45, 2.75) is 31.7 Å². The molecule has 1 aromatic heterocycles. The highest BCUT2D eigenvalue weighted by Crippen LogP contribution is 2.24. The Morgan fingerprint density at radius 1 is 1.32 bits per heavy atom. The van der Waals surface area contributed by atoms with Gasteiger partial charge in [0.05, 0.1) is 0 Å². The second kappa shape index (κ2) is 5.57. The van der Waals surface area contributed by atoms with Gasteiger partial charge in [0.1, 0.15) is 5.82 Å². The molecule has 0 bridgehead atoms. The fourth-order valence-corrected chi connectivity index (χ4v) is 2.91. The van der Waals surface area contributed by atoms with Crippen LogP contribution in [0.4, 0.5) is 0 Å². The number of nitrogens with one attached hydrogen (secondary N) is 1. The lowest BCUT2D eigenvalue weighted by Crippen LogP contribution is -2.35.